The first-order chi connectivity index (χ1) is 15.9. The Morgan fingerprint density at radius 3 is 0.110 bits per heavy atom. The van der Waals surface area contributed by atoms with Crippen LogP contribution in [0.4, 0.5) is 0 Å². The third kappa shape index (κ3) is 460. The van der Waals surface area contributed by atoms with Gasteiger partial charge in [-0.2, -0.15) is 0 Å². The fourth-order valence-corrected chi connectivity index (χ4v) is 0. The summed E-state index contributed by atoms with van der Waals surface area (Å²) < 4.78 is 0. The van der Waals surface area contributed by atoms with Crippen molar-refractivity contribution in [2.24, 2.45) is 0 Å². The first-order valence-electron chi connectivity index (χ1n) is 8.20. The van der Waals surface area contributed by atoms with Gasteiger partial charge in [-0.25, -0.2) is 0 Å². The quantitative estimate of drug-likeness (QED) is 0.0867. The van der Waals surface area contributed by atoms with Crippen molar-refractivity contribution in [2.75, 3.05) is 0 Å². The van der Waals surface area contributed by atoms with Crippen LogP contribution in [0.3, 0.4) is 0 Å². The minimum atomic E-state index is -2.04. The summed E-state index contributed by atoms with van der Waals surface area (Å²) in [7, 11) is 0. The Labute approximate surface area is 1170 Å². The topological polar surface area (TPSA) is 1130 Å². The molecule has 0 heterocycles. The molecule has 0 saturated carbocycles. The average Bonchev–Trinajstić information content (AvgIpc) is 2.69. The van der Waals surface area contributed by atoms with Gasteiger partial charge in [-0.3, -0.25) is 0 Å². The van der Waals surface area contributed by atoms with Crippen molar-refractivity contribution in [3.8, 4) is 0 Å². The maximum Gasteiger partial charge on any atom is 1.00 e. The van der Waals surface area contributed by atoms with E-state index in [9.17, 15) is 0 Å². The Morgan fingerprint density at radius 1 is 0.0976 bits per heavy atom. The Bertz CT molecular complexity index is 356. The molecule has 0 rings (SSSR count). The summed E-state index contributed by atoms with van der Waals surface area (Å²) in [6, 6.07) is 0. The number of aliphatic hydroxyl groups excluding tert-OH is 12. The van der Waals surface area contributed by atoms with Crippen LogP contribution in [0.1, 0.15) is 0 Å². The third-order valence-electron chi connectivity index (χ3n) is 1.60. The zero-order valence-electron chi connectivity index (χ0n) is 47.4. The van der Waals surface area contributed by atoms with Crippen LogP contribution in [0.2, 0.25) is 0 Å². The molecular formula is C12H69Cd18O45Rb7-2. The van der Waals surface area contributed by atoms with Crippen LogP contribution < -0.4 is 407 Å². The molecule has 70 heteroatoms. The minimum absolute atomic E-state index is 0. The zero-order chi connectivity index (χ0) is 30.9. The second-order valence-corrected chi connectivity index (χ2v) is 4.96. The van der Waals surface area contributed by atoms with Gasteiger partial charge in [-0.1, -0.05) is 0 Å². The van der Waals surface area contributed by atoms with E-state index in [2.05, 4.69) is 0 Å². The molecule has 0 bridgehead atoms. The molecule has 0 aromatic carbocycles. The van der Waals surface area contributed by atoms with E-state index in [1.165, 1.54) is 0 Å². The number of aliphatic hydroxyl groups is 24. The molecule has 0 atom stereocenters. The predicted octanol–water partition coefficient (Wildman–Crippen LogP) is -46.9. The molecule has 45 nitrogen and oxygen atoms in total. The van der Waals surface area contributed by atoms with Crippen LogP contribution in [0.25, 0.3) is 0 Å². The standard InChI is InChI=1S/6C2H6O4.18Cd.21H2O.7Rb/c6*3-1(4)2(5)6;;;;;;;;;;;;;;;;;;;;;;;;;;;;;;;;;;;;;;;;;;;;;;/h6*1-6H;;;;;;;;;;;;;;;;;;;21*1H2;;;;;;;/q;;;;;;;;;;;;;;;;;;;;;;;;;;;;;;;;;;;;;;;;;;;;;7*+1/p-9. The van der Waals surface area contributed by atoms with Gasteiger partial charge in [0.1, 0.15) is 0 Å². The Kier molecular flexibility index (Phi) is 1480. The van der Waals surface area contributed by atoms with E-state index in [1.807, 2.05) is 0 Å². The molecular weight excluding hydrogens is 3490 g/mol. The van der Waals surface area contributed by atoms with Crippen molar-refractivity contribution in [1.29, 1.82) is 0 Å². The number of hydrogen-bond donors (Lipinski definition) is 24. The van der Waals surface area contributed by atoms with E-state index in [4.69, 9.17) is 123 Å². The summed E-state index contributed by atoms with van der Waals surface area (Å²) >= 11 is 0. The van der Waals surface area contributed by atoms with Gasteiger partial charge in [0.05, 0.1) is 0 Å². The molecule has 0 saturated heterocycles. The summed E-state index contributed by atoms with van der Waals surface area (Å²) in [5.41, 5.74) is 0. The Hall–Kier alpha value is 27.4. The largest absolute Gasteiger partial charge is 1.00 e. The van der Waals surface area contributed by atoms with Gasteiger partial charge in [0.2, 0.25) is 75.5 Å². The fourth-order valence-electron chi connectivity index (χ4n) is 0. The second kappa shape index (κ2) is 311. The molecule has 0 aromatic heterocycles. The van der Waals surface area contributed by atoms with Gasteiger partial charge in [0, 0.05) is 491 Å². The van der Waals surface area contributed by atoms with Crippen molar-refractivity contribution in [3.63, 3.8) is 0 Å². The molecule has 432 valence electrons. The number of rotatable bonds is 6. The van der Waals surface area contributed by atoms with Gasteiger partial charge in [0.25, 0.3) is 0 Å². The molecule has 0 aromatic rings. The molecule has 0 amide bonds. The van der Waals surface area contributed by atoms with E-state index in [0.29, 0.717) is 0 Å². The van der Waals surface area contributed by atoms with Gasteiger partial charge in [-0.15, -0.1) is 0 Å². The minimum Gasteiger partial charge on any atom is -0.870 e. The normalized spacial score (nSPS) is 4.83. The molecule has 0 unspecified atom stereocenters. The first-order valence-corrected chi connectivity index (χ1v) is 8.20. The van der Waals surface area contributed by atoms with E-state index >= 15 is 0 Å². The predicted molar refractivity (Wildman–Crippen MR) is 159 cm³/mol. The maximum atomic E-state index is 7.69. The first kappa shape index (κ1) is 390. The maximum absolute atomic E-state index is 7.69. The van der Waals surface area contributed by atoms with Gasteiger partial charge < -0.3 is 238 Å². The smallest absolute Gasteiger partial charge is 0.870 e. The van der Waals surface area contributed by atoms with Crippen LogP contribution >= 0.6 is 0 Å². The molecule has 0 fully saturated rings. The van der Waals surface area contributed by atoms with Gasteiger partial charge in [0.15, 0.2) is 0 Å². The van der Waals surface area contributed by atoms with Crippen molar-refractivity contribution in [1.82, 2.24) is 0 Å². The fraction of sp³-hybridized carbons (Fsp3) is 1.00. The summed E-state index contributed by atoms with van der Waals surface area (Å²) in [6.07, 6.45) is -24.4. The van der Waals surface area contributed by atoms with Crippen molar-refractivity contribution < 1.29 is 1140 Å². The molecule has 0 aliphatic heterocycles. The van der Waals surface area contributed by atoms with E-state index in [1.54, 1.807) is 0 Å². The van der Waals surface area contributed by atoms with E-state index in [0.717, 1.165) is 0 Å². The SMILES string of the molecule is O.O.O.O.O.O.O.O.O.O.O.O.OC(O)C(O)O.OC(O)C(O)O.OC(O)C(O)O.OC(O)C(O)O.OC(O)C(O)O.OC(O)C(O)O.[Cd].[Cd].[Cd].[Cd].[Cd].[Cd].[Cd].[Cd].[Cd].[Cd].[Cd].[Cd].[Cd].[Cd].[Cd].[Cd].[Cd].[Cd].[OH-].[OH-].[OH-].[OH-].[OH-].[OH-].[OH-].[OH-].[OH-].[Rb+].[Rb+].[Rb+].[Rb+].[Rb+].[Rb+].[Rb+]. The summed E-state index contributed by atoms with van der Waals surface area (Å²) in [5, 5.41) is 184. The molecule has 0 radical (unpaired) electrons. The molecule has 57 N–H and O–H groups in total. The van der Waals surface area contributed by atoms with Crippen LogP contribution in [-0.4, -0.2) is 313 Å². The van der Waals surface area contributed by atoms with Crippen LogP contribution in [0, 0.1) is 0 Å². The van der Waals surface area contributed by atoms with Crippen molar-refractivity contribution >= 4 is 0 Å². The van der Waals surface area contributed by atoms with Gasteiger partial charge >= 0.3 is 407 Å². The van der Waals surface area contributed by atoms with E-state index in [-0.39, 0.29) is 1010 Å². The Balaban J connectivity index is -0.00000000237. The van der Waals surface area contributed by atoms with Crippen LogP contribution in [0.15, 0.2) is 0 Å². The molecule has 0 aliphatic rings. The second-order valence-electron chi connectivity index (χ2n) is 4.96. The number of hydrogen-bond acceptors (Lipinski definition) is 33. The average molecular weight is 3560 g/mol. The molecule has 82 heavy (non-hydrogen) atoms. The molecule has 0 aliphatic carbocycles. The molecule has 0 spiro atoms. The Morgan fingerprint density at radius 2 is 0.110 bits per heavy atom. The van der Waals surface area contributed by atoms with Crippen molar-refractivity contribution in [2.45, 2.75) is 75.5 Å². The third-order valence-corrected chi connectivity index (χ3v) is 1.60. The summed E-state index contributed by atoms with van der Waals surface area (Å²) in [6.45, 7) is 0. The van der Waals surface area contributed by atoms with Crippen LogP contribution in [0.5, 0.6) is 0 Å². The summed E-state index contributed by atoms with van der Waals surface area (Å²) in [5.74, 6) is 0. The van der Waals surface area contributed by atoms with Crippen molar-refractivity contribution in [3.05, 3.63) is 0 Å². The monoisotopic (exact) mass is 3580 g/mol. The van der Waals surface area contributed by atoms with E-state index < -0.39 is 75.5 Å². The van der Waals surface area contributed by atoms with Gasteiger partial charge in [-0.05, 0) is 0 Å². The zero-order valence-corrected chi connectivity index (χ0v) is 154. The van der Waals surface area contributed by atoms with Crippen LogP contribution in [-0.2, 0) is 491 Å². The summed E-state index contributed by atoms with van der Waals surface area (Å²) in [4.78, 5) is 0.